The van der Waals surface area contributed by atoms with Crippen LogP contribution in [0.15, 0.2) is 30.6 Å². The van der Waals surface area contributed by atoms with Crippen molar-refractivity contribution >= 4 is 17.5 Å². The third-order valence-electron chi connectivity index (χ3n) is 5.88. The van der Waals surface area contributed by atoms with Gasteiger partial charge in [0, 0.05) is 41.2 Å². The molecular formula is C23H27ClN4O2. The molecule has 30 heavy (non-hydrogen) atoms. The summed E-state index contributed by atoms with van der Waals surface area (Å²) in [4.78, 5) is 21.4. The largest absolute Gasteiger partial charge is 0.489 e. The van der Waals surface area contributed by atoms with E-state index in [4.69, 9.17) is 21.6 Å². The van der Waals surface area contributed by atoms with Crippen LogP contribution in [0, 0.1) is 22.2 Å². The van der Waals surface area contributed by atoms with Gasteiger partial charge in [0.25, 0.3) is 5.91 Å². The maximum absolute atomic E-state index is 12.8. The van der Waals surface area contributed by atoms with Crippen LogP contribution in [-0.4, -0.2) is 28.0 Å². The molecule has 1 saturated carbocycles. The fraction of sp³-hybridized carbons (Fsp3) is 0.478. The van der Waals surface area contributed by atoms with Crippen molar-refractivity contribution in [3.8, 4) is 11.8 Å². The maximum Gasteiger partial charge on any atom is 0.254 e. The number of nitrogens with zero attached hydrogens (tertiary/aromatic N) is 3. The predicted molar refractivity (Wildman–Crippen MR) is 116 cm³/mol. The van der Waals surface area contributed by atoms with E-state index < -0.39 is 0 Å². The Hall–Kier alpha value is -2.65. The van der Waals surface area contributed by atoms with E-state index in [0.717, 1.165) is 0 Å². The summed E-state index contributed by atoms with van der Waals surface area (Å²) in [6.45, 7) is 12.3. The fourth-order valence-electron chi connectivity index (χ4n) is 4.56. The Bertz CT molecular complexity index is 977. The lowest BCUT2D eigenvalue weighted by Crippen LogP contribution is -2.74. The SMILES string of the molecule is CC(C)c1ncc(C(=O)N[C@H]2C(C)(C)[C@H](Oc3ccc(C#N)c(Cl)c3)C2(C)C)cn1. The van der Waals surface area contributed by atoms with E-state index >= 15 is 0 Å². The number of nitrogens with one attached hydrogen (secondary N) is 1. The number of rotatable bonds is 5. The number of ether oxygens (including phenoxy) is 1. The van der Waals surface area contributed by atoms with E-state index in [1.165, 1.54) is 0 Å². The molecule has 2 aromatic rings. The molecule has 1 aromatic heterocycles. The van der Waals surface area contributed by atoms with Crippen LogP contribution in [0.4, 0.5) is 0 Å². The van der Waals surface area contributed by atoms with E-state index in [0.29, 0.717) is 27.7 Å². The zero-order valence-electron chi connectivity index (χ0n) is 18.2. The first-order valence-corrected chi connectivity index (χ1v) is 10.4. The van der Waals surface area contributed by atoms with E-state index in [9.17, 15) is 4.79 Å². The number of halogens is 1. The van der Waals surface area contributed by atoms with Crippen LogP contribution in [0.2, 0.25) is 5.02 Å². The lowest BCUT2D eigenvalue weighted by atomic mass is 9.49. The summed E-state index contributed by atoms with van der Waals surface area (Å²) in [6.07, 6.45) is 2.99. The summed E-state index contributed by atoms with van der Waals surface area (Å²) in [5.74, 6) is 1.33. The average Bonchev–Trinajstić information content (AvgIpc) is 2.69. The number of carbonyl (C=O) groups is 1. The molecule has 158 valence electrons. The first-order chi connectivity index (χ1) is 14.0. The van der Waals surface area contributed by atoms with Crippen molar-refractivity contribution in [3.05, 3.63) is 52.6 Å². The van der Waals surface area contributed by atoms with Gasteiger partial charge in [-0.2, -0.15) is 5.26 Å². The van der Waals surface area contributed by atoms with Crippen LogP contribution in [0.25, 0.3) is 0 Å². The summed E-state index contributed by atoms with van der Waals surface area (Å²) in [5, 5.41) is 12.5. The molecule has 1 fully saturated rings. The van der Waals surface area contributed by atoms with Crippen molar-refractivity contribution in [1.29, 1.82) is 5.26 Å². The van der Waals surface area contributed by atoms with Gasteiger partial charge in [-0.1, -0.05) is 53.1 Å². The number of carbonyl (C=O) groups excluding carboxylic acids is 1. The molecule has 0 spiro atoms. The van der Waals surface area contributed by atoms with Crippen LogP contribution in [0.1, 0.15) is 69.2 Å². The monoisotopic (exact) mass is 426 g/mol. The smallest absolute Gasteiger partial charge is 0.254 e. The Morgan fingerprint density at radius 2 is 1.80 bits per heavy atom. The molecule has 1 aliphatic rings. The summed E-state index contributed by atoms with van der Waals surface area (Å²) < 4.78 is 6.25. The van der Waals surface area contributed by atoms with Crippen molar-refractivity contribution in [3.63, 3.8) is 0 Å². The molecule has 1 N–H and O–H groups in total. The van der Waals surface area contributed by atoms with Gasteiger partial charge in [0.2, 0.25) is 0 Å². The van der Waals surface area contributed by atoms with Crippen LogP contribution >= 0.6 is 11.6 Å². The number of amides is 1. The molecule has 6 nitrogen and oxygen atoms in total. The van der Waals surface area contributed by atoms with Crippen molar-refractivity contribution in [2.75, 3.05) is 0 Å². The highest BCUT2D eigenvalue weighted by atomic mass is 35.5. The molecule has 0 unspecified atom stereocenters. The van der Waals surface area contributed by atoms with Crippen molar-refractivity contribution in [2.45, 2.75) is 59.6 Å². The minimum atomic E-state index is -0.321. The van der Waals surface area contributed by atoms with Gasteiger partial charge in [-0.05, 0) is 12.1 Å². The Labute approximate surface area is 182 Å². The lowest BCUT2D eigenvalue weighted by Gasteiger charge is -2.63. The third kappa shape index (κ3) is 3.87. The molecule has 0 bridgehead atoms. The fourth-order valence-corrected chi connectivity index (χ4v) is 4.78. The predicted octanol–water partition coefficient (Wildman–Crippen LogP) is 4.74. The van der Waals surface area contributed by atoms with Crippen molar-refractivity contribution < 1.29 is 9.53 Å². The van der Waals surface area contributed by atoms with Gasteiger partial charge in [0.15, 0.2) is 0 Å². The molecule has 7 heteroatoms. The number of aromatic nitrogens is 2. The van der Waals surface area contributed by atoms with Gasteiger partial charge in [0.05, 0.1) is 16.1 Å². The Balaban J connectivity index is 1.74. The standard InChI is InChI=1S/C23H27ClN4O2/c1-13(2)18-26-11-15(12-27-18)19(29)28-20-22(3,4)21(23(20,5)6)30-16-8-7-14(10-25)17(24)9-16/h7-9,11-13,20-21H,1-6H3,(H,28,29)/t20-,21-. The van der Waals surface area contributed by atoms with Crippen LogP contribution in [-0.2, 0) is 0 Å². The summed E-state index contributed by atoms with van der Waals surface area (Å²) in [5.41, 5.74) is 0.206. The van der Waals surface area contributed by atoms with Gasteiger partial charge in [-0.3, -0.25) is 4.79 Å². The van der Waals surface area contributed by atoms with Gasteiger partial charge < -0.3 is 10.1 Å². The minimum Gasteiger partial charge on any atom is -0.489 e. The van der Waals surface area contributed by atoms with Gasteiger partial charge in [-0.15, -0.1) is 0 Å². The molecule has 0 saturated heterocycles. The molecular weight excluding hydrogens is 400 g/mol. The second-order valence-corrected chi connectivity index (χ2v) is 9.69. The summed E-state index contributed by atoms with van der Waals surface area (Å²) >= 11 is 6.14. The highest BCUT2D eigenvalue weighted by Crippen LogP contribution is 2.55. The van der Waals surface area contributed by atoms with Crippen molar-refractivity contribution in [1.82, 2.24) is 15.3 Å². The second-order valence-electron chi connectivity index (χ2n) is 9.29. The molecule has 1 aromatic carbocycles. The Morgan fingerprint density at radius 3 is 2.30 bits per heavy atom. The molecule has 0 radical (unpaired) electrons. The normalized spacial score (nSPS) is 21.4. The maximum atomic E-state index is 12.8. The molecule has 1 amide bonds. The van der Waals surface area contributed by atoms with Gasteiger partial charge in [0.1, 0.15) is 23.7 Å². The Morgan fingerprint density at radius 1 is 1.20 bits per heavy atom. The molecule has 1 aliphatic carbocycles. The van der Waals surface area contributed by atoms with E-state index in [1.807, 2.05) is 19.9 Å². The minimum absolute atomic E-state index is 0.110. The van der Waals surface area contributed by atoms with E-state index in [2.05, 4.69) is 43.0 Å². The first-order valence-electron chi connectivity index (χ1n) is 9.97. The number of nitriles is 1. The zero-order chi connectivity index (χ0) is 22.3. The first kappa shape index (κ1) is 22.0. The number of benzene rings is 1. The van der Waals surface area contributed by atoms with E-state index in [-0.39, 0.29) is 34.8 Å². The van der Waals surface area contributed by atoms with Crippen LogP contribution in [0.3, 0.4) is 0 Å². The molecule has 3 rings (SSSR count). The average molecular weight is 427 g/mol. The topological polar surface area (TPSA) is 87.9 Å². The van der Waals surface area contributed by atoms with Gasteiger partial charge >= 0.3 is 0 Å². The quantitative estimate of drug-likeness (QED) is 0.746. The van der Waals surface area contributed by atoms with Crippen molar-refractivity contribution in [2.24, 2.45) is 10.8 Å². The highest BCUT2D eigenvalue weighted by molar-refractivity contribution is 6.31. The van der Waals surface area contributed by atoms with E-state index in [1.54, 1.807) is 30.6 Å². The number of hydrogen-bond donors (Lipinski definition) is 1. The highest BCUT2D eigenvalue weighted by Gasteiger charge is 2.64. The number of hydrogen-bond acceptors (Lipinski definition) is 5. The summed E-state index contributed by atoms with van der Waals surface area (Å²) in [7, 11) is 0. The third-order valence-corrected chi connectivity index (χ3v) is 6.19. The second kappa shape index (κ2) is 7.88. The molecule has 0 aliphatic heterocycles. The zero-order valence-corrected chi connectivity index (χ0v) is 18.9. The van der Waals surface area contributed by atoms with Crippen LogP contribution < -0.4 is 10.1 Å². The molecule has 0 atom stereocenters. The summed E-state index contributed by atoms with van der Waals surface area (Å²) in [6, 6.07) is 6.99. The molecule has 1 heterocycles. The van der Waals surface area contributed by atoms with Crippen LogP contribution in [0.5, 0.6) is 5.75 Å². The van der Waals surface area contributed by atoms with Gasteiger partial charge in [-0.25, -0.2) is 9.97 Å². The Kier molecular flexibility index (Phi) is 5.79. The lowest BCUT2D eigenvalue weighted by molar-refractivity contribution is -0.164.